The third kappa shape index (κ3) is 3.26. The molecule has 0 atom stereocenters. The molecule has 0 radical (unpaired) electrons. The van der Waals surface area contributed by atoms with Crippen LogP contribution in [0.4, 0.5) is 18.9 Å². The number of alkyl halides is 3. The zero-order chi connectivity index (χ0) is 18.4. The molecule has 0 spiro atoms. The van der Waals surface area contributed by atoms with Gasteiger partial charge in [-0.1, -0.05) is 5.16 Å². The van der Waals surface area contributed by atoms with E-state index in [1.807, 2.05) is 0 Å². The zero-order valence-electron chi connectivity index (χ0n) is 12.9. The molecule has 2 aromatic rings. The zero-order valence-corrected chi connectivity index (χ0v) is 13.7. The Kier molecular flexibility index (Phi) is 4.10. The van der Waals surface area contributed by atoms with Gasteiger partial charge in [-0.25, -0.2) is 8.42 Å². The van der Waals surface area contributed by atoms with Gasteiger partial charge in [0.25, 0.3) is 15.7 Å². The number of aromatic nitrogens is 1. The summed E-state index contributed by atoms with van der Waals surface area (Å²) in [4.78, 5) is 11.3. The second-order valence-corrected chi connectivity index (χ2v) is 7.66. The third-order valence-corrected chi connectivity index (χ3v) is 5.35. The maximum Gasteiger partial charge on any atom is 0.501 e. The molecule has 1 aromatic heterocycles. The Morgan fingerprint density at radius 1 is 1.24 bits per heavy atom. The normalized spacial score (nSPS) is 15.2. The van der Waals surface area contributed by atoms with Crippen molar-refractivity contribution in [2.75, 3.05) is 5.32 Å². The van der Waals surface area contributed by atoms with Crippen LogP contribution in [0.1, 0.15) is 40.6 Å². The molecule has 1 fully saturated rings. The lowest BCUT2D eigenvalue weighted by atomic mass is 10.1. The first-order chi connectivity index (χ1) is 11.6. The highest BCUT2D eigenvalue weighted by Crippen LogP contribution is 2.42. The lowest BCUT2D eigenvalue weighted by molar-refractivity contribution is -0.0436. The summed E-state index contributed by atoms with van der Waals surface area (Å²) in [7, 11) is -5.42. The van der Waals surface area contributed by atoms with Crippen LogP contribution in [-0.4, -0.2) is 25.0 Å². The lowest BCUT2D eigenvalue weighted by Gasteiger charge is -2.09. The molecule has 1 aliphatic rings. The molecule has 1 aliphatic carbocycles. The van der Waals surface area contributed by atoms with Crippen molar-refractivity contribution < 1.29 is 30.9 Å². The Bertz CT molecular complexity index is 913. The fourth-order valence-electron chi connectivity index (χ4n) is 2.33. The second kappa shape index (κ2) is 5.87. The minimum Gasteiger partial charge on any atom is -0.360 e. The number of amides is 1. The molecule has 10 heteroatoms. The van der Waals surface area contributed by atoms with Gasteiger partial charge in [-0.15, -0.1) is 0 Å². The van der Waals surface area contributed by atoms with Crippen LogP contribution < -0.4 is 5.32 Å². The topological polar surface area (TPSA) is 89.3 Å². The Morgan fingerprint density at radius 2 is 1.84 bits per heavy atom. The van der Waals surface area contributed by atoms with Gasteiger partial charge in [0.1, 0.15) is 5.76 Å². The predicted octanol–water partition coefficient (Wildman–Crippen LogP) is 3.41. The molecule has 25 heavy (non-hydrogen) atoms. The van der Waals surface area contributed by atoms with Crippen molar-refractivity contribution in [3.63, 3.8) is 0 Å². The van der Waals surface area contributed by atoms with E-state index in [-0.39, 0.29) is 17.3 Å². The van der Waals surface area contributed by atoms with Crippen LogP contribution in [-0.2, 0) is 9.84 Å². The van der Waals surface area contributed by atoms with Gasteiger partial charge in [-0.3, -0.25) is 4.79 Å². The molecule has 1 amide bonds. The molecular formula is C15H13F3N2O4S. The summed E-state index contributed by atoms with van der Waals surface area (Å²) in [5.41, 5.74) is -4.53. The maximum absolute atomic E-state index is 12.5. The number of benzene rings is 1. The Morgan fingerprint density at radius 3 is 2.36 bits per heavy atom. The van der Waals surface area contributed by atoms with E-state index in [0.717, 1.165) is 37.1 Å². The number of anilines is 1. The number of nitrogens with one attached hydrogen (secondary N) is 1. The first-order valence-corrected chi connectivity index (χ1v) is 8.78. The summed E-state index contributed by atoms with van der Waals surface area (Å²) < 4.78 is 65.2. The first kappa shape index (κ1) is 17.5. The molecule has 3 rings (SSSR count). The number of rotatable bonds is 4. The van der Waals surface area contributed by atoms with E-state index in [9.17, 15) is 26.4 Å². The van der Waals surface area contributed by atoms with Crippen molar-refractivity contribution in [2.45, 2.75) is 36.1 Å². The summed E-state index contributed by atoms with van der Waals surface area (Å²) in [5, 5.41) is 6.18. The van der Waals surface area contributed by atoms with Gasteiger partial charge in [0.15, 0.2) is 5.69 Å². The van der Waals surface area contributed by atoms with Crippen molar-refractivity contribution in [1.82, 2.24) is 5.16 Å². The highest BCUT2D eigenvalue weighted by Gasteiger charge is 2.46. The fraction of sp³-hybridized carbons (Fsp3) is 0.333. The minimum atomic E-state index is -5.42. The molecule has 1 N–H and O–H groups in total. The lowest BCUT2D eigenvalue weighted by Crippen LogP contribution is -2.23. The highest BCUT2D eigenvalue weighted by molar-refractivity contribution is 7.92. The van der Waals surface area contributed by atoms with Crippen molar-refractivity contribution >= 4 is 21.4 Å². The van der Waals surface area contributed by atoms with Crippen LogP contribution in [0.5, 0.6) is 0 Å². The molecule has 1 saturated carbocycles. The molecular weight excluding hydrogens is 361 g/mol. The van der Waals surface area contributed by atoms with Gasteiger partial charge in [0.05, 0.1) is 4.90 Å². The molecule has 0 saturated heterocycles. The summed E-state index contributed by atoms with van der Waals surface area (Å²) in [5.74, 6) is 0.359. The van der Waals surface area contributed by atoms with E-state index in [2.05, 4.69) is 10.5 Å². The smallest absolute Gasteiger partial charge is 0.360 e. The predicted molar refractivity (Wildman–Crippen MR) is 80.9 cm³/mol. The average Bonchev–Trinajstić information content (AvgIpc) is 3.29. The van der Waals surface area contributed by atoms with Crippen molar-refractivity contribution in [2.24, 2.45) is 0 Å². The van der Waals surface area contributed by atoms with Crippen LogP contribution in [0.25, 0.3) is 0 Å². The van der Waals surface area contributed by atoms with E-state index in [1.54, 1.807) is 6.92 Å². The van der Waals surface area contributed by atoms with Crippen LogP contribution in [0.3, 0.4) is 0 Å². The number of halogens is 3. The minimum absolute atomic E-state index is 0.0916. The quantitative estimate of drug-likeness (QED) is 0.886. The number of hydrogen-bond acceptors (Lipinski definition) is 5. The van der Waals surface area contributed by atoms with E-state index in [0.29, 0.717) is 11.3 Å². The average molecular weight is 374 g/mol. The number of carbonyl (C=O) groups is 1. The number of nitrogens with zero attached hydrogens (tertiary/aromatic N) is 1. The summed E-state index contributed by atoms with van der Waals surface area (Å²) >= 11 is 0. The molecule has 1 heterocycles. The van der Waals surface area contributed by atoms with E-state index in [1.165, 1.54) is 0 Å². The fourth-order valence-corrected chi connectivity index (χ4v) is 3.09. The molecule has 6 nitrogen and oxygen atoms in total. The molecule has 0 bridgehead atoms. The maximum atomic E-state index is 12.5. The van der Waals surface area contributed by atoms with Crippen LogP contribution in [0.15, 0.2) is 33.7 Å². The van der Waals surface area contributed by atoms with Crippen LogP contribution >= 0.6 is 0 Å². The van der Waals surface area contributed by atoms with E-state index >= 15 is 0 Å². The number of sulfone groups is 1. The van der Waals surface area contributed by atoms with Gasteiger partial charge in [-0.05, 0) is 44.0 Å². The molecule has 134 valence electrons. The molecule has 0 aliphatic heterocycles. The van der Waals surface area contributed by atoms with Crippen LogP contribution in [0.2, 0.25) is 0 Å². The molecule has 1 aromatic carbocycles. The van der Waals surface area contributed by atoms with Gasteiger partial charge in [0.2, 0.25) is 0 Å². The van der Waals surface area contributed by atoms with Crippen molar-refractivity contribution in [1.29, 1.82) is 0 Å². The van der Waals surface area contributed by atoms with Gasteiger partial charge in [0, 0.05) is 17.2 Å². The monoisotopic (exact) mass is 374 g/mol. The summed E-state index contributed by atoms with van der Waals surface area (Å²) in [6.45, 7) is 1.71. The SMILES string of the molecule is Cc1c(C(=O)Nc2ccc(S(=O)(=O)C(F)(F)F)cc2)noc1C1CC1. The number of carbonyl (C=O) groups excluding carboxylic acids is 1. The second-order valence-electron chi connectivity index (χ2n) is 5.72. The van der Waals surface area contributed by atoms with E-state index < -0.39 is 26.1 Å². The van der Waals surface area contributed by atoms with Gasteiger partial charge < -0.3 is 9.84 Å². The third-order valence-electron chi connectivity index (χ3n) is 3.85. The molecule has 0 unspecified atom stereocenters. The Balaban J connectivity index is 1.77. The largest absolute Gasteiger partial charge is 0.501 e. The van der Waals surface area contributed by atoms with Crippen LogP contribution in [0, 0.1) is 6.92 Å². The first-order valence-electron chi connectivity index (χ1n) is 7.30. The standard InChI is InChI=1S/C15H13F3N2O4S/c1-8-12(20-24-13(8)9-2-3-9)14(21)19-10-4-6-11(7-5-10)25(22,23)15(16,17)18/h4-7,9H,2-3H2,1H3,(H,19,21). The van der Waals surface area contributed by atoms with Crippen molar-refractivity contribution in [3.05, 3.63) is 41.3 Å². The summed E-state index contributed by atoms with van der Waals surface area (Å²) in [6, 6.07) is 3.72. The summed E-state index contributed by atoms with van der Waals surface area (Å²) in [6.07, 6.45) is 1.96. The Hall–Kier alpha value is -2.36. The van der Waals surface area contributed by atoms with Crippen molar-refractivity contribution in [3.8, 4) is 0 Å². The Labute approximate surface area is 140 Å². The van der Waals surface area contributed by atoms with Gasteiger partial charge >= 0.3 is 5.51 Å². The van der Waals surface area contributed by atoms with E-state index in [4.69, 9.17) is 4.52 Å². The van der Waals surface area contributed by atoms with Gasteiger partial charge in [-0.2, -0.15) is 13.2 Å². The number of hydrogen-bond donors (Lipinski definition) is 1. The highest BCUT2D eigenvalue weighted by atomic mass is 32.2.